The van der Waals surface area contributed by atoms with E-state index in [2.05, 4.69) is 31.2 Å². The first kappa shape index (κ1) is 18.1. The summed E-state index contributed by atoms with van der Waals surface area (Å²) in [5.74, 6) is 0.0863. The Labute approximate surface area is 149 Å². The number of rotatable bonds is 7. The van der Waals surface area contributed by atoms with Crippen LogP contribution in [0.25, 0.3) is 0 Å². The fraction of sp³-hybridized carbons (Fsp3) is 0.429. The maximum Gasteiger partial charge on any atom is 0.162 e. The molecule has 1 aliphatic rings. The summed E-state index contributed by atoms with van der Waals surface area (Å²) in [7, 11) is 1.67. The maximum absolute atomic E-state index is 6.23. The molecule has 1 heterocycles. The highest BCUT2D eigenvalue weighted by Crippen LogP contribution is 2.28. The van der Waals surface area contributed by atoms with Gasteiger partial charge in [0, 0.05) is 13.0 Å². The second-order valence-electron chi connectivity index (χ2n) is 6.39. The molecule has 1 saturated heterocycles. The molecule has 0 bridgehead atoms. The Morgan fingerprint density at radius 3 is 2.00 bits per heavy atom. The quantitative estimate of drug-likeness (QED) is 0.767. The van der Waals surface area contributed by atoms with Crippen LogP contribution in [0.2, 0.25) is 0 Å². The van der Waals surface area contributed by atoms with Gasteiger partial charge in [0.05, 0.1) is 25.9 Å². The normalized spacial score (nSPS) is 26.5. The lowest BCUT2D eigenvalue weighted by Gasteiger charge is -2.40. The van der Waals surface area contributed by atoms with E-state index in [9.17, 15) is 0 Å². The zero-order valence-electron chi connectivity index (χ0n) is 14.8. The summed E-state index contributed by atoms with van der Waals surface area (Å²) < 4.78 is 23.6. The predicted molar refractivity (Wildman–Crippen MR) is 96.0 cm³/mol. The van der Waals surface area contributed by atoms with Crippen LogP contribution in [0.4, 0.5) is 0 Å². The van der Waals surface area contributed by atoms with E-state index in [-0.39, 0.29) is 24.4 Å². The van der Waals surface area contributed by atoms with Crippen molar-refractivity contribution in [2.75, 3.05) is 13.7 Å². The highest BCUT2D eigenvalue weighted by Gasteiger charge is 2.39. The molecule has 2 aromatic carbocycles. The average molecular weight is 342 g/mol. The Bertz CT molecular complexity index is 616. The summed E-state index contributed by atoms with van der Waals surface area (Å²) in [6, 6.07) is 20.3. The van der Waals surface area contributed by atoms with Crippen molar-refractivity contribution in [2.24, 2.45) is 5.92 Å². The Hall–Kier alpha value is -1.72. The van der Waals surface area contributed by atoms with E-state index in [0.29, 0.717) is 19.8 Å². The van der Waals surface area contributed by atoms with Gasteiger partial charge in [-0.15, -0.1) is 0 Å². The van der Waals surface area contributed by atoms with Crippen molar-refractivity contribution in [1.29, 1.82) is 0 Å². The molecule has 0 spiro atoms. The molecule has 0 aliphatic carbocycles. The maximum atomic E-state index is 6.23. The highest BCUT2D eigenvalue weighted by molar-refractivity contribution is 5.14. The fourth-order valence-corrected chi connectivity index (χ4v) is 3.16. The van der Waals surface area contributed by atoms with Crippen LogP contribution in [-0.2, 0) is 32.2 Å². The number of ether oxygens (including phenoxy) is 4. The number of benzene rings is 2. The van der Waals surface area contributed by atoms with Crippen LogP contribution in [0.3, 0.4) is 0 Å². The lowest BCUT2D eigenvalue weighted by atomic mass is 9.96. The van der Waals surface area contributed by atoms with E-state index >= 15 is 0 Å². The molecule has 1 aliphatic heterocycles. The van der Waals surface area contributed by atoms with E-state index in [1.165, 1.54) is 0 Å². The van der Waals surface area contributed by atoms with Gasteiger partial charge < -0.3 is 18.9 Å². The molecule has 25 heavy (non-hydrogen) atoms. The van der Waals surface area contributed by atoms with E-state index in [1.807, 2.05) is 36.4 Å². The van der Waals surface area contributed by atoms with E-state index < -0.39 is 0 Å². The number of methoxy groups -OCH3 is 1. The number of hydrogen-bond acceptors (Lipinski definition) is 4. The van der Waals surface area contributed by atoms with Gasteiger partial charge in [-0.1, -0.05) is 67.6 Å². The van der Waals surface area contributed by atoms with Crippen molar-refractivity contribution in [2.45, 2.75) is 38.6 Å². The third-order valence-corrected chi connectivity index (χ3v) is 4.56. The Morgan fingerprint density at radius 1 is 0.880 bits per heavy atom. The van der Waals surface area contributed by atoms with Crippen molar-refractivity contribution in [3.63, 3.8) is 0 Å². The van der Waals surface area contributed by atoms with Crippen LogP contribution in [0.15, 0.2) is 60.7 Å². The molecular weight excluding hydrogens is 316 g/mol. The molecule has 2 aromatic rings. The van der Waals surface area contributed by atoms with Crippen LogP contribution in [0.5, 0.6) is 0 Å². The van der Waals surface area contributed by atoms with Crippen LogP contribution < -0.4 is 0 Å². The van der Waals surface area contributed by atoms with Gasteiger partial charge in [-0.25, -0.2) is 0 Å². The third-order valence-electron chi connectivity index (χ3n) is 4.56. The Kier molecular flexibility index (Phi) is 6.59. The largest absolute Gasteiger partial charge is 0.370 e. The van der Waals surface area contributed by atoms with Gasteiger partial charge in [-0.05, 0) is 11.1 Å². The van der Waals surface area contributed by atoms with Crippen molar-refractivity contribution in [3.05, 3.63) is 71.8 Å². The minimum atomic E-state index is -0.266. The topological polar surface area (TPSA) is 36.9 Å². The first-order valence-corrected chi connectivity index (χ1v) is 8.73. The van der Waals surface area contributed by atoms with Crippen molar-refractivity contribution >= 4 is 0 Å². The van der Waals surface area contributed by atoms with Crippen molar-refractivity contribution in [3.8, 4) is 0 Å². The molecule has 3 rings (SSSR count). The summed E-state index contributed by atoms with van der Waals surface area (Å²) in [6.45, 7) is 3.65. The lowest BCUT2D eigenvalue weighted by molar-refractivity contribution is -0.259. The monoisotopic (exact) mass is 342 g/mol. The van der Waals surface area contributed by atoms with E-state index in [1.54, 1.807) is 7.11 Å². The minimum Gasteiger partial charge on any atom is -0.370 e. The van der Waals surface area contributed by atoms with Gasteiger partial charge >= 0.3 is 0 Å². The van der Waals surface area contributed by atoms with Gasteiger partial charge in [-0.2, -0.15) is 0 Å². The minimum absolute atomic E-state index is 0.0809. The van der Waals surface area contributed by atoms with Gasteiger partial charge in [0.2, 0.25) is 0 Å². The summed E-state index contributed by atoms with van der Waals surface area (Å²) in [5, 5.41) is 0. The van der Waals surface area contributed by atoms with Crippen LogP contribution in [0.1, 0.15) is 18.1 Å². The molecule has 4 nitrogen and oxygen atoms in total. The summed E-state index contributed by atoms with van der Waals surface area (Å²) >= 11 is 0. The smallest absolute Gasteiger partial charge is 0.162 e. The summed E-state index contributed by atoms with van der Waals surface area (Å²) in [6.07, 6.45) is -0.467. The molecule has 0 amide bonds. The van der Waals surface area contributed by atoms with Crippen molar-refractivity contribution in [1.82, 2.24) is 0 Å². The zero-order valence-corrected chi connectivity index (χ0v) is 14.8. The van der Waals surface area contributed by atoms with Crippen LogP contribution in [0, 0.1) is 5.92 Å². The molecule has 0 N–H and O–H groups in total. The second-order valence-corrected chi connectivity index (χ2v) is 6.39. The first-order valence-electron chi connectivity index (χ1n) is 8.73. The summed E-state index contributed by atoms with van der Waals surface area (Å²) in [4.78, 5) is 0. The van der Waals surface area contributed by atoms with Gasteiger partial charge in [0.15, 0.2) is 6.29 Å². The Balaban J connectivity index is 1.63. The standard InChI is InChI=1S/C21H26O4/c1-16-20(24-14-18-11-7-4-8-12-18)19(15-25-21(16)22-2)23-13-17-9-5-3-6-10-17/h3-12,16,19-21H,13-15H2,1-2H3/t16-,19-,20-,21-/m1/s1. The van der Waals surface area contributed by atoms with Gasteiger partial charge in [0.25, 0.3) is 0 Å². The third kappa shape index (κ3) is 4.89. The zero-order chi connectivity index (χ0) is 17.5. The Morgan fingerprint density at radius 2 is 1.44 bits per heavy atom. The molecule has 134 valence electrons. The molecule has 4 atom stereocenters. The van der Waals surface area contributed by atoms with Crippen LogP contribution >= 0.6 is 0 Å². The molecule has 0 aromatic heterocycles. The average Bonchev–Trinajstić information content (AvgIpc) is 2.67. The predicted octanol–water partition coefficient (Wildman–Crippen LogP) is 3.80. The fourth-order valence-electron chi connectivity index (χ4n) is 3.16. The first-order chi connectivity index (χ1) is 12.3. The lowest BCUT2D eigenvalue weighted by Crippen LogP contribution is -2.51. The molecule has 0 unspecified atom stereocenters. The van der Waals surface area contributed by atoms with Crippen LogP contribution in [-0.4, -0.2) is 32.2 Å². The molecule has 1 fully saturated rings. The van der Waals surface area contributed by atoms with Gasteiger partial charge in [-0.3, -0.25) is 0 Å². The second kappa shape index (κ2) is 9.11. The van der Waals surface area contributed by atoms with Gasteiger partial charge in [0.1, 0.15) is 6.10 Å². The number of hydrogen-bond donors (Lipinski definition) is 0. The SMILES string of the molecule is CO[C@@H]1OC[C@@H](OCc2ccccc2)[C@H](OCc2ccccc2)[C@H]1C. The van der Waals surface area contributed by atoms with E-state index in [4.69, 9.17) is 18.9 Å². The molecule has 0 radical (unpaired) electrons. The highest BCUT2D eigenvalue weighted by atomic mass is 16.7. The summed E-state index contributed by atoms with van der Waals surface area (Å²) in [5.41, 5.74) is 2.29. The molecule has 0 saturated carbocycles. The van der Waals surface area contributed by atoms with Crippen molar-refractivity contribution < 1.29 is 18.9 Å². The molecule has 4 heteroatoms. The molecular formula is C21H26O4. The van der Waals surface area contributed by atoms with E-state index in [0.717, 1.165) is 11.1 Å².